The molecule has 0 spiro atoms. The smallest absolute Gasteiger partial charge is 0.0449 e. The Morgan fingerprint density at radius 1 is 0.880 bits per heavy atom. The Balaban J connectivity index is 0.000000911. The molecule has 2 nitrogen and oxygen atoms in total. The summed E-state index contributed by atoms with van der Waals surface area (Å²) in [5, 5.41) is 3.69. The van der Waals surface area contributed by atoms with Crippen molar-refractivity contribution in [3.63, 3.8) is 0 Å². The number of benzene rings is 2. The fraction of sp³-hybridized carbons (Fsp3) is 0.333. The molecule has 3 aliphatic heterocycles. The molecule has 1 fully saturated rings. The first-order valence-electron chi connectivity index (χ1n) is 8.75. The third-order valence-corrected chi connectivity index (χ3v) is 5.60. The second-order valence-electron chi connectivity index (χ2n) is 7.03. The Hall–Kier alpha value is -1.36. The monoisotopic (exact) mass is 370 g/mol. The first kappa shape index (κ1) is 18.4. The summed E-state index contributed by atoms with van der Waals surface area (Å²) < 4.78 is 0. The summed E-state index contributed by atoms with van der Waals surface area (Å²) in [6.07, 6.45) is 8.10. The van der Waals surface area contributed by atoms with E-state index in [4.69, 9.17) is 0 Å². The van der Waals surface area contributed by atoms with Gasteiger partial charge < -0.3 is 10.2 Å². The van der Waals surface area contributed by atoms with Crippen LogP contribution in [0.5, 0.6) is 0 Å². The van der Waals surface area contributed by atoms with Gasteiger partial charge in [-0.15, -0.1) is 0 Å². The van der Waals surface area contributed by atoms with Gasteiger partial charge in [-0.05, 0) is 53.6 Å². The molecule has 0 amide bonds. The van der Waals surface area contributed by atoms with Gasteiger partial charge in [0, 0.05) is 30.9 Å². The van der Waals surface area contributed by atoms with Crippen molar-refractivity contribution in [2.24, 2.45) is 0 Å². The zero-order chi connectivity index (χ0) is 15.2. The first-order chi connectivity index (χ1) is 11.4. The fourth-order valence-corrected chi connectivity index (χ4v) is 4.37. The normalized spacial score (nSPS) is 24.2. The molecule has 0 unspecified atom stereocenters. The van der Waals surface area contributed by atoms with Gasteiger partial charge in [-0.25, -0.2) is 0 Å². The lowest BCUT2D eigenvalue weighted by molar-refractivity contribution is 0.386. The molecule has 2 aromatic carbocycles. The molecule has 0 saturated carbocycles. The fourth-order valence-electron chi connectivity index (χ4n) is 4.37. The van der Waals surface area contributed by atoms with E-state index in [1.165, 1.54) is 27.9 Å². The predicted molar refractivity (Wildman–Crippen MR) is 117 cm³/mol. The number of hydrogen-bond acceptors (Lipinski definition) is 2. The molecule has 2 aromatic rings. The molecule has 1 aliphatic carbocycles. The number of nitrogens with zero attached hydrogens (tertiary/aromatic N) is 1. The van der Waals surface area contributed by atoms with Crippen LogP contribution in [0.1, 0.15) is 24.0 Å². The molecule has 2 bridgehead atoms. The molecular formula is C21H26N2S2. The van der Waals surface area contributed by atoms with Crippen LogP contribution in [0.2, 0.25) is 0 Å². The highest BCUT2D eigenvalue weighted by atomic mass is 32.1. The van der Waals surface area contributed by atoms with Crippen LogP contribution in [0.4, 0.5) is 5.69 Å². The summed E-state index contributed by atoms with van der Waals surface area (Å²) in [7, 11) is 0. The molecule has 0 radical (unpaired) electrons. The number of piperazine rings is 1. The van der Waals surface area contributed by atoms with Crippen LogP contribution >= 0.6 is 27.0 Å². The van der Waals surface area contributed by atoms with Crippen molar-refractivity contribution < 1.29 is 0 Å². The molecule has 132 valence electrons. The average molecular weight is 371 g/mol. The SMILES string of the molecule is C1=C\C[C@H]2CN[C@@H](C/1)CN2c1ccc2c(c1)Cc1ccccc1-2.S.S. The van der Waals surface area contributed by atoms with Crippen molar-refractivity contribution in [2.75, 3.05) is 18.0 Å². The maximum atomic E-state index is 3.69. The molecule has 4 aliphatic rings. The van der Waals surface area contributed by atoms with Crippen molar-refractivity contribution in [3.8, 4) is 11.1 Å². The molecule has 4 heteroatoms. The van der Waals surface area contributed by atoms with Gasteiger partial charge in [0.25, 0.3) is 0 Å². The summed E-state index contributed by atoms with van der Waals surface area (Å²) in [5.74, 6) is 0. The number of fused-ring (bicyclic) bond motifs is 7. The van der Waals surface area contributed by atoms with E-state index in [2.05, 4.69) is 64.8 Å². The van der Waals surface area contributed by atoms with E-state index in [9.17, 15) is 0 Å². The topological polar surface area (TPSA) is 15.3 Å². The number of nitrogens with one attached hydrogen (secondary N) is 1. The zero-order valence-electron chi connectivity index (χ0n) is 14.3. The highest BCUT2D eigenvalue weighted by Gasteiger charge is 2.29. The molecular weight excluding hydrogens is 344 g/mol. The Labute approximate surface area is 164 Å². The number of anilines is 1. The third kappa shape index (κ3) is 3.23. The summed E-state index contributed by atoms with van der Waals surface area (Å²) in [6, 6.07) is 17.1. The quantitative estimate of drug-likeness (QED) is 0.652. The Morgan fingerprint density at radius 3 is 2.60 bits per heavy atom. The average Bonchev–Trinajstić information content (AvgIpc) is 2.92. The van der Waals surface area contributed by atoms with Crippen LogP contribution in [-0.2, 0) is 6.42 Å². The third-order valence-electron chi connectivity index (χ3n) is 5.60. The minimum Gasteiger partial charge on any atom is -0.365 e. The lowest BCUT2D eigenvalue weighted by atomic mass is 9.98. The maximum absolute atomic E-state index is 3.69. The van der Waals surface area contributed by atoms with Gasteiger partial charge in [0.15, 0.2) is 0 Å². The van der Waals surface area contributed by atoms with Crippen molar-refractivity contribution >= 4 is 32.7 Å². The molecule has 3 heterocycles. The van der Waals surface area contributed by atoms with Crippen LogP contribution in [-0.4, -0.2) is 25.2 Å². The molecule has 1 saturated heterocycles. The second kappa shape index (κ2) is 7.48. The number of rotatable bonds is 1. The van der Waals surface area contributed by atoms with Crippen LogP contribution in [0, 0.1) is 0 Å². The lowest BCUT2D eigenvalue weighted by Gasteiger charge is -2.43. The van der Waals surface area contributed by atoms with E-state index < -0.39 is 0 Å². The van der Waals surface area contributed by atoms with E-state index in [-0.39, 0.29) is 27.0 Å². The zero-order valence-corrected chi connectivity index (χ0v) is 16.3. The van der Waals surface area contributed by atoms with E-state index in [1.54, 1.807) is 0 Å². The van der Waals surface area contributed by atoms with Gasteiger partial charge in [0.2, 0.25) is 0 Å². The van der Waals surface area contributed by atoms with Gasteiger partial charge in [0.05, 0.1) is 0 Å². The van der Waals surface area contributed by atoms with Gasteiger partial charge in [-0.2, -0.15) is 27.0 Å². The summed E-state index contributed by atoms with van der Waals surface area (Å²) >= 11 is 0. The van der Waals surface area contributed by atoms with Crippen molar-refractivity contribution in [2.45, 2.75) is 31.3 Å². The molecule has 6 rings (SSSR count). The second-order valence-corrected chi connectivity index (χ2v) is 7.03. The van der Waals surface area contributed by atoms with Gasteiger partial charge >= 0.3 is 0 Å². The maximum Gasteiger partial charge on any atom is 0.0449 e. The van der Waals surface area contributed by atoms with Crippen molar-refractivity contribution in [1.82, 2.24) is 5.32 Å². The van der Waals surface area contributed by atoms with E-state index >= 15 is 0 Å². The Morgan fingerprint density at radius 2 is 1.68 bits per heavy atom. The molecule has 25 heavy (non-hydrogen) atoms. The van der Waals surface area contributed by atoms with E-state index in [0.717, 1.165) is 32.4 Å². The molecule has 1 N–H and O–H groups in total. The van der Waals surface area contributed by atoms with Gasteiger partial charge in [-0.1, -0.05) is 42.5 Å². The van der Waals surface area contributed by atoms with Crippen molar-refractivity contribution in [1.29, 1.82) is 0 Å². The highest BCUT2D eigenvalue weighted by Crippen LogP contribution is 2.39. The van der Waals surface area contributed by atoms with Crippen molar-refractivity contribution in [3.05, 3.63) is 65.7 Å². The molecule has 0 aromatic heterocycles. The van der Waals surface area contributed by atoms with Crippen LogP contribution in [0.3, 0.4) is 0 Å². The first-order valence-corrected chi connectivity index (χ1v) is 8.75. The van der Waals surface area contributed by atoms with E-state index in [0.29, 0.717) is 12.1 Å². The number of hydrogen-bond donors (Lipinski definition) is 1. The largest absolute Gasteiger partial charge is 0.365 e. The molecule has 2 atom stereocenters. The Bertz CT molecular complexity index is 787. The van der Waals surface area contributed by atoms with Crippen LogP contribution < -0.4 is 10.2 Å². The van der Waals surface area contributed by atoms with Gasteiger partial charge in [-0.3, -0.25) is 0 Å². The van der Waals surface area contributed by atoms with E-state index in [1.807, 2.05) is 0 Å². The Kier molecular flexibility index (Phi) is 5.52. The summed E-state index contributed by atoms with van der Waals surface area (Å²) in [4.78, 5) is 2.63. The van der Waals surface area contributed by atoms with Crippen LogP contribution in [0.15, 0.2) is 54.6 Å². The minimum atomic E-state index is 0. The predicted octanol–water partition coefficient (Wildman–Crippen LogP) is 3.98. The standard InChI is InChI=1S/C21H22N2.2H2S/c1-4-8-20-15(5-1)11-16-12-18(9-10-21(16)20)23-14-17-6-2-3-7-19(23)13-22-17;;/h1-5,8-10,12,17,19,22H,6-7,11,13-14H2;2*1H2/b3-2-;;/t17-,19-;;/m0../s1. The summed E-state index contributed by atoms with van der Waals surface area (Å²) in [5.41, 5.74) is 7.22. The lowest BCUT2D eigenvalue weighted by Crippen LogP contribution is -2.57. The van der Waals surface area contributed by atoms with Crippen LogP contribution in [0.25, 0.3) is 11.1 Å². The highest BCUT2D eigenvalue weighted by molar-refractivity contribution is 7.59. The van der Waals surface area contributed by atoms with Gasteiger partial charge in [0.1, 0.15) is 0 Å². The minimum absolute atomic E-state index is 0. The summed E-state index contributed by atoms with van der Waals surface area (Å²) in [6.45, 7) is 2.23.